The van der Waals surface area contributed by atoms with Crippen LogP contribution in [0.4, 0.5) is 0 Å². The molecule has 0 radical (unpaired) electrons. The molecular weight excluding hydrogens is 911 g/mol. The number of rotatable bonds is 64. The van der Waals surface area contributed by atoms with Crippen LogP contribution < -0.4 is 5.32 Å². The van der Waals surface area contributed by atoms with E-state index in [2.05, 4.69) is 31.3 Å². The van der Waals surface area contributed by atoms with E-state index < -0.39 is 12.1 Å². The van der Waals surface area contributed by atoms with Crippen molar-refractivity contribution in [3.8, 4) is 0 Å². The van der Waals surface area contributed by atoms with E-state index in [0.717, 1.165) is 38.5 Å². The van der Waals surface area contributed by atoms with Crippen molar-refractivity contribution in [1.82, 2.24) is 5.32 Å². The number of nitrogens with one attached hydrogen (secondary N) is 1. The number of carbonyl (C=O) groups is 2. The third-order valence-corrected chi connectivity index (χ3v) is 16.1. The first-order chi connectivity index (χ1) is 36.5. The van der Waals surface area contributed by atoms with Gasteiger partial charge < -0.3 is 20.3 Å². The topological polar surface area (TPSA) is 95.9 Å². The van der Waals surface area contributed by atoms with Crippen molar-refractivity contribution in [2.75, 3.05) is 13.2 Å². The summed E-state index contributed by atoms with van der Waals surface area (Å²) in [5.74, 6) is -0.0286. The van der Waals surface area contributed by atoms with Gasteiger partial charge in [-0.25, -0.2) is 0 Å². The van der Waals surface area contributed by atoms with Crippen molar-refractivity contribution < 1.29 is 24.5 Å². The Morgan fingerprint density at radius 2 is 0.635 bits per heavy atom. The van der Waals surface area contributed by atoms with Gasteiger partial charge in [0, 0.05) is 12.8 Å². The second-order valence-corrected chi connectivity index (χ2v) is 23.5. The minimum Gasteiger partial charge on any atom is -0.466 e. The van der Waals surface area contributed by atoms with Gasteiger partial charge in [-0.2, -0.15) is 0 Å². The molecule has 0 bridgehead atoms. The molecule has 3 N–H and O–H groups in total. The number of carbonyl (C=O) groups excluding carboxylic acids is 2. The fourth-order valence-corrected chi connectivity index (χ4v) is 10.9. The van der Waals surface area contributed by atoms with Crippen LogP contribution in [0.3, 0.4) is 0 Å². The molecule has 0 heterocycles. The molecule has 0 aromatic rings. The van der Waals surface area contributed by atoms with Crippen LogP contribution >= 0.6 is 0 Å². The van der Waals surface area contributed by atoms with E-state index in [1.807, 2.05) is 0 Å². The van der Waals surface area contributed by atoms with Crippen LogP contribution in [-0.4, -0.2) is 47.4 Å². The lowest BCUT2D eigenvalue weighted by Crippen LogP contribution is -2.45. The van der Waals surface area contributed by atoms with E-state index >= 15 is 0 Å². The minimum atomic E-state index is -0.670. The smallest absolute Gasteiger partial charge is 0.305 e. The molecule has 0 rings (SSSR count). The number of allylic oxidation sites excluding steroid dienone is 2. The van der Waals surface area contributed by atoms with Crippen LogP contribution in [0.15, 0.2) is 12.2 Å². The Balaban J connectivity index is 3.41. The van der Waals surface area contributed by atoms with Gasteiger partial charge in [0.15, 0.2) is 0 Å². The van der Waals surface area contributed by atoms with Gasteiger partial charge in [-0.1, -0.05) is 334 Å². The summed E-state index contributed by atoms with van der Waals surface area (Å²) in [5.41, 5.74) is 0. The van der Waals surface area contributed by atoms with Crippen LogP contribution in [0.5, 0.6) is 0 Å². The zero-order chi connectivity index (χ0) is 53.6. The van der Waals surface area contributed by atoms with E-state index in [-0.39, 0.29) is 18.5 Å². The Bertz CT molecular complexity index is 1110. The summed E-state index contributed by atoms with van der Waals surface area (Å²) < 4.78 is 5.49. The van der Waals surface area contributed by atoms with Crippen molar-refractivity contribution in [2.45, 2.75) is 398 Å². The lowest BCUT2D eigenvalue weighted by molar-refractivity contribution is -0.143. The summed E-state index contributed by atoms with van der Waals surface area (Å²) in [6.07, 6.45) is 78.1. The maximum atomic E-state index is 12.5. The van der Waals surface area contributed by atoms with Crippen molar-refractivity contribution in [2.24, 2.45) is 0 Å². The monoisotopic (exact) mass is 1040 g/mol. The second kappa shape index (κ2) is 64.1. The third kappa shape index (κ3) is 59.8. The Labute approximate surface area is 463 Å². The Morgan fingerprint density at radius 3 is 0.959 bits per heavy atom. The van der Waals surface area contributed by atoms with Crippen molar-refractivity contribution >= 4 is 11.9 Å². The molecule has 0 aliphatic carbocycles. The number of aliphatic hydroxyl groups is 2. The van der Waals surface area contributed by atoms with Gasteiger partial charge >= 0.3 is 5.97 Å². The highest BCUT2D eigenvalue weighted by molar-refractivity contribution is 5.76. The number of hydrogen-bond donors (Lipinski definition) is 3. The Morgan fingerprint density at radius 1 is 0.365 bits per heavy atom. The van der Waals surface area contributed by atoms with Crippen LogP contribution in [0.25, 0.3) is 0 Å². The summed E-state index contributed by atoms with van der Waals surface area (Å²) in [7, 11) is 0. The number of ether oxygens (including phenoxy) is 1. The lowest BCUT2D eigenvalue weighted by Gasteiger charge is -2.22. The fraction of sp³-hybridized carbons (Fsp3) is 0.941. The van der Waals surface area contributed by atoms with Gasteiger partial charge in [0.2, 0.25) is 5.91 Å². The summed E-state index contributed by atoms with van der Waals surface area (Å²) in [4.78, 5) is 24.6. The normalized spacial score (nSPS) is 12.5. The first kappa shape index (κ1) is 72.6. The average Bonchev–Trinajstić information content (AvgIpc) is 3.40. The third-order valence-electron chi connectivity index (χ3n) is 16.1. The molecule has 0 aliphatic rings. The Kier molecular flexibility index (Phi) is 62.9. The summed E-state index contributed by atoms with van der Waals surface area (Å²) in [5, 5.41) is 23.4. The molecule has 2 atom stereocenters. The zero-order valence-electron chi connectivity index (χ0n) is 50.4. The summed E-state index contributed by atoms with van der Waals surface area (Å²) in [6, 6.07) is -0.548. The largest absolute Gasteiger partial charge is 0.466 e. The van der Waals surface area contributed by atoms with Gasteiger partial charge in [0.05, 0.1) is 25.4 Å². The molecule has 440 valence electrons. The number of hydrogen-bond acceptors (Lipinski definition) is 5. The highest BCUT2D eigenvalue weighted by atomic mass is 16.5. The van der Waals surface area contributed by atoms with Crippen molar-refractivity contribution in [3.05, 3.63) is 12.2 Å². The van der Waals surface area contributed by atoms with Gasteiger partial charge in [0.1, 0.15) is 0 Å². The molecule has 0 aromatic carbocycles. The number of unbranched alkanes of at least 4 members (excludes halogenated alkanes) is 51. The molecule has 6 heteroatoms. The number of aliphatic hydroxyl groups excluding tert-OH is 2. The molecule has 0 saturated heterocycles. The second-order valence-electron chi connectivity index (χ2n) is 23.5. The quantitative estimate of drug-likeness (QED) is 0.0320. The molecular formula is C68H133NO5. The average molecular weight is 1040 g/mol. The fourth-order valence-electron chi connectivity index (χ4n) is 10.9. The SMILES string of the molecule is CCCCCCCCCCCCCCCCCCCCCCCCC(O)C(CO)NC(=O)CCCCCCCCC/C=C\CCCCCCCCCCCOC(=O)CCCCCCCCCCCCCCCCC. The predicted molar refractivity (Wildman–Crippen MR) is 324 cm³/mol. The molecule has 0 spiro atoms. The molecule has 1 amide bonds. The molecule has 6 nitrogen and oxygen atoms in total. The molecule has 74 heavy (non-hydrogen) atoms. The lowest BCUT2D eigenvalue weighted by atomic mass is 10.0. The molecule has 0 aromatic heterocycles. The highest BCUT2D eigenvalue weighted by Crippen LogP contribution is 2.19. The maximum Gasteiger partial charge on any atom is 0.305 e. The molecule has 0 saturated carbocycles. The zero-order valence-corrected chi connectivity index (χ0v) is 50.4. The predicted octanol–water partition coefficient (Wildman–Crippen LogP) is 21.6. The van der Waals surface area contributed by atoms with Crippen molar-refractivity contribution in [3.63, 3.8) is 0 Å². The van der Waals surface area contributed by atoms with Crippen LogP contribution in [0.2, 0.25) is 0 Å². The van der Waals surface area contributed by atoms with E-state index in [4.69, 9.17) is 4.74 Å². The standard InChI is InChI=1S/C68H133NO5/c1-3-5-7-9-11-13-15-17-19-20-21-22-23-26-29-33-36-40-44-48-52-56-60-66(71)65(64-70)69-67(72)61-57-53-49-45-41-37-34-30-27-24-25-28-31-35-39-43-47-51-55-59-63-74-68(73)62-58-54-50-46-42-38-32-18-16-14-12-10-8-6-4-2/h24,27,65-66,70-71H,3-23,25-26,28-64H2,1-2H3,(H,69,72)/b27-24-. The maximum absolute atomic E-state index is 12.5. The van der Waals surface area contributed by atoms with Crippen molar-refractivity contribution in [1.29, 1.82) is 0 Å². The molecule has 0 fully saturated rings. The van der Waals surface area contributed by atoms with E-state index in [0.29, 0.717) is 25.9 Å². The first-order valence-electron chi connectivity index (χ1n) is 33.9. The van der Waals surface area contributed by atoms with Gasteiger partial charge in [0.25, 0.3) is 0 Å². The van der Waals surface area contributed by atoms with Crippen LogP contribution in [-0.2, 0) is 14.3 Å². The minimum absolute atomic E-state index is 0.0103. The first-order valence-corrected chi connectivity index (χ1v) is 33.9. The molecule has 2 unspecified atom stereocenters. The van der Waals surface area contributed by atoms with Crippen LogP contribution in [0.1, 0.15) is 386 Å². The molecule has 0 aliphatic heterocycles. The van der Waals surface area contributed by atoms with E-state index in [1.165, 1.54) is 315 Å². The van der Waals surface area contributed by atoms with Gasteiger partial charge in [-0.05, 0) is 51.4 Å². The summed E-state index contributed by atoms with van der Waals surface area (Å²) >= 11 is 0. The van der Waals surface area contributed by atoms with E-state index in [9.17, 15) is 19.8 Å². The number of amides is 1. The summed E-state index contributed by atoms with van der Waals surface area (Å²) in [6.45, 7) is 4.99. The van der Waals surface area contributed by atoms with Gasteiger partial charge in [-0.15, -0.1) is 0 Å². The Hall–Kier alpha value is -1.40. The van der Waals surface area contributed by atoms with E-state index in [1.54, 1.807) is 0 Å². The van der Waals surface area contributed by atoms with Crippen LogP contribution in [0, 0.1) is 0 Å². The highest BCUT2D eigenvalue weighted by Gasteiger charge is 2.20. The van der Waals surface area contributed by atoms with Gasteiger partial charge in [-0.3, -0.25) is 9.59 Å². The number of esters is 1.